The molecule has 0 aromatic heterocycles. The van der Waals surface area contributed by atoms with Gasteiger partial charge in [-0.3, -0.25) is 19.3 Å². The monoisotopic (exact) mass is 341 g/mol. The van der Waals surface area contributed by atoms with Crippen molar-refractivity contribution in [3.05, 3.63) is 71.0 Å². The van der Waals surface area contributed by atoms with Crippen LogP contribution in [0.25, 0.3) is 0 Å². The molecule has 4 rings (SSSR count). The average molecular weight is 341 g/mol. The maximum Gasteiger partial charge on any atom is 0.290 e. The van der Waals surface area contributed by atoms with Crippen molar-refractivity contribution >= 4 is 18.3 Å². The number of amides is 2. The first kappa shape index (κ1) is 16.8. The molecule has 0 spiro atoms. The average Bonchev–Trinajstić information content (AvgIpc) is 2.82. The molecular formula is C19H16FNO4. The lowest BCUT2D eigenvalue weighted by molar-refractivity contribution is -0.122. The van der Waals surface area contributed by atoms with Gasteiger partial charge in [-0.25, -0.2) is 4.39 Å². The number of hydrogen-bond donors (Lipinski definition) is 1. The molecule has 6 heteroatoms. The topological polar surface area (TPSA) is 74.7 Å². The van der Waals surface area contributed by atoms with Crippen LogP contribution in [0.3, 0.4) is 0 Å². The summed E-state index contributed by atoms with van der Waals surface area (Å²) in [7, 11) is 0. The van der Waals surface area contributed by atoms with E-state index in [0.717, 1.165) is 18.4 Å². The van der Waals surface area contributed by atoms with E-state index in [1.54, 1.807) is 36.4 Å². The SMILES string of the molecule is O=C1c2ccccc2C(=O)N1[C@H]1C[C@H](c2ccc(F)cc2)C1.O=CO. The first-order chi connectivity index (χ1) is 12.1. The molecule has 1 N–H and O–H groups in total. The fraction of sp³-hybridized carbons (Fsp3) is 0.211. The molecule has 0 atom stereocenters. The fourth-order valence-electron chi connectivity index (χ4n) is 3.35. The van der Waals surface area contributed by atoms with E-state index in [9.17, 15) is 14.0 Å². The van der Waals surface area contributed by atoms with Gasteiger partial charge in [0.2, 0.25) is 0 Å². The number of hydrogen-bond acceptors (Lipinski definition) is 3. The summed E-state index contributed by atoms with van der Waals surface area (Å²) in [5.74, 6) is -0.346. The first-order valence-corrected chi connectivity index (χ1v) is 7.87. The largest absolute Gasteiger partial charge is 0.483 e. The molecular weight excluding hydrogens is 325 g/mol. The zero-order valence-corrected chi connectivity index (χ0v) is 13.3. The number of fused-ring (bicyclic) bond motifs is 1. The van der Waals surface area contributed by atoms with E-state index >= 15 is 0 Å². The van der Waals surface area contributed by atoms with Gasteiger partial charge >= 0.3 is 0 Å². The van der Waals surface area contributed by atoms with Crippen molar-refractivity contribution in [2.45, 2.75) is 24.8 Å². The Morgan fingerprint density at radius 1 is 0.960 bits per heavy atom. The summed E-state index contributed by atoms with van der Waals surface area (Å²) in [6, 6.07) is 13.3. The predicted molar refractivity (Wildman–Crippen MR) is 87.8 cm³/mol. The van der Waals surface area contributed by atoms with Crippen molar-refractivity contribution in [1.29, 1.82) is 0 Å². The maximum atomic E-state index is 13.0. The minimum Gasteiger partial charge on any atom is -0.483 e. The molecule has 1 aliphatic carbocycles. The van der Waals surface area contributed by atoms with Gasteiger partial charge < -0.3 is 5.11 Å². The lowest BCUT2D eigenvalue weighted by atomic mass is 9.75. The summed E-state index contributed by atoms with van der Waals surface area (Å²) in [6.07, 6.45) is 1.49. The number of halogens is 1. The number of carbonyl (C=O) groups is 3. The summed E-state index contributed by atoms with van der Waals surface area (Å²) >= 11 is 0. The number of nitrogens with zero attached hydrogens (tertiary/aromatic N) is 1. The molecule has 1 fully saturated rings. The van der Waals surface area contributed by atoms with E-state index in [1.165, 1.54) is 17.0 Å². The van der Waals surface area contributed by atoms with Gasteiger partial charge in [-0.1, -0.05) is 24.3 Å². The Morgan fingerprint density at radius 3 is 1.92 bits per heavy atom. The molecule has 1 heterocycles. The quantitative estimate of drug-likeness (QED) is 0.673. The third-order valence-electron chi connectivity index (χ3n) is 4.65. The first-order valence-electron chi connectivity index (χ1n) is 7.87. The summed E-state index contributed by atoms with van der Waals surface area (Å²) in [5, 5.41) is 6.89. The predicted octanol–water partition coefficient (Wildman–Crippen LogP) is 3.07. The molecule has 2 amide bonds. The van der Waals surface area contributed by atoms with Crippen LogP contribution >= 0.6 is 0 Å². The van der Waals surface area contributed by atoms with E-state index in [0.29, 0.717) is 11.1 Å². The normalized spacial score (nSPS) is 21.1. The summed E-state index contributed by atoms with van der Waals surface area (Å²) in [4.78, 5) is 34.5. The highest BCUT2D eigenvalue weighted by Crippen LogP contribution is 2.42. The van der Waals surface area contributed by atoms with Crippen LogP contribution in [0.2, 0.25) is 0 Å². The summed E-state index contributed by atoms with van der Waals surface area (Å²) in [5.41, 5.74) is 2.06. The van der Waals surface area contributed by atoms with Gasteiger partial charge in [0, 0.05) is 6.04 Å². The Labute approximate surface area is 143 Å². The molecule has 0 radical (unpaired) electrons. The highest BCUT2D eigenvalue weighted by molar-refractivity contribution is 6.21. The van der Waals surface area contributed by atoms with Gasteiger partial charge in [0.1, 0.15) is 5.82 Å². The number of imide groups is 1. The van der Waals surface area contributed by atoms with Crippen molar-refractivity contribution < 1.29 is 23.9 Å². The Kier molecular flexibility index (Phi) is 4.61. The Hall–Kier alpha value is -3.02. The van der Waals surface area contributed by atoms with Crippen molar-refractivity contribution in [2.24, 2.45) is 0 Å². The summed E-state index contributed by atoms with van der Waals surface area (Å²) in [6.45, 7) is -0.250. The van der Waals surface area contributed by atoms with E-state index in [1.807, 2.05) is 0 Å². The van der Waals surface area contributed by atoms with Gasteiger partial charge in [0.15, 0.2) is 0 Å². The minimum absolute atomic E-state index is 0.0533. The molecule has 2 aliphatic rings. The smallest absolute Gasteiger partial charge is 0.290 e. The zero-order valence-electron chi connectivity index (χ0n) is 13.3. The number of benzene rings is 2. The van der Waals surface area contributed by atoms with Crippen molar-refractivity contribution in [2.75, 3.05) is 0 Å². The molecule has 2 aromatic carbocycles. The van der Waals surface area contributed by atoms with Gasteiger partial charge in [-0.2, -0.15) is 0 Å². The van der Waals surface area contributed by atoms with Crippen LogP contribution in [0.15, 0.2) is 48.5 Å². The molecule has 2 aromatic rings. The van der Waals surface area contributed by atoms with Crippen LogP contribution in [0.4, 0.5) is 4.39 Å². The van der Waals surface area contributed by atoms with E-state index in [4.69, 9.17) is 9.90 Å². The molecule has 128 valence electrons. The lowest BCUT2D eigenvalue weighted by Crippen LogP contribution is -2.46. The molecule has 25 heavy (non-hydrogen) atoms. The molecule has 1 saturated carbocycles. The number of rotatable bonds is 2. The van der Waals surface area contributed by atoms with Crippen molar-refractivity contribution in [1.82, 2.24) is 4.90 Å². The Bertz CT molecular complexity index is 777. The van der Waals surface area contributed by atoms with Crippen LogP contribution in [0.1, 0.15) is 45.0 Å². The molecule has 0 bridgehead atoms. The van der Waals surface area contributed by atoms with Crippen molar-refractivity contribution in [3.8, 4) is 0 Å². The summed E-state index contributed by atoms with van der Waals surface area (Å²) < 4.78 is 13.0. The minimum atomic E-state index is -0.250. The van der Waals surface area contributed by atoms with Crippen LogP contribution in [0, 0.1) is 5.82 Å². The molecule has 0 unspecified atom stereocenters. The van der Waals surface area contributed by atoms with Gasteiger partial charge in [0.05, 0.1) is 11.1 Å². The van der Waals surface area contributed by atoms with Gasteiger partial charge in [0.25, 0.3) is 18.3 Å². The molecule has 0 saturated heterocycles. The maximum absolute atomic E-state index is 13.0. The van der Waals surface area contributed by atoms with Crippen molar-refractivity contribution in [3.63, 3.8) is 0 Å². The van der Waals surface area contributed by atoms with Gasteiger partial charge in [-0.05, 0) is 48.6 Å². The second-order valence-corrected chi connectivity index (χ2v) is 6.01. The second kappa shape index (κ2) is 6.84. The van der Waals surface area contributed by atoms with Crippen LogP contribution in [-0.4, -0.2) is 34.3 Å². The molecule has 5 nitrogen and oxygen atoms in total. The Morgan fingerprint density at radius 2 is 1.44 bits per heavy atom. The lowest BCUT2D eigenvalue weighted by Gasteiger charge is -2.40. The third kappa shape index (κ3) is 3.03. The van der Waals surface area contributed by atoms with E-state index in [2.05, 4.69) is 0 Å². The van der Waals surface area contributed by atoms with Gasteiger partial charge in [-0.15, -0.1) is 0 Å². The Balaban J connectivity index is 0.000000569. The zero-order chi connectivity index (χ0) is 18.0. The standard InChI is InChI=1S/C18H14FNO2.CH2O2/c19-13-7-5-11(6-8-13)12-9-14(10-12)20-17(21)15-3-1-2-4-16(15)18(20)22;2-1-3/h1-8,12,14H,9-10H2;1H,(H,2,3)/t12-,14-;. The highest BCUT2D eigenvalue weighted by atomic mass is 19.1. The van der Waals surface area contributed by atoms with E-state index < -0.39 is 0 Å². The number of carbonyl (C=O) groups excluding carboxylic acids is 2. The van der Waals surface area contributed by atoms with Crippen LogP contribution in [-0.2, 0) is 4.79 Å². The second-order valence-electron chi connectivity index (χ2n) is 6.01. The van der Waals surface area contributed by atoms with Crippen LogP contribution < -0.4 is 0 Å². The third-order valence-corrected chi connectivity index (χ3v) is 4.65. The highest BCUT2D eigenvalue weighted by Gasteiger charge is 2.45. The van der Waals surface area contributed by atoms with Crippen LogP contribution in [0.5, 0.6) is 0 Å². The molecule has 1 aliphatic heterocycles. The van der Waals surface area contributed by atoms with E-state index in [-0.39, 0.29) is 36.1 Å². The fourth-order valence-corrected chi connectivity index (χ4v) is 3.35. The number of carboxylic acid groups (broad SMARTS) is 1.